The molecule has 11 rings (SSSR count). The van der Waals surface area contributed by atoms with Crippen molar-refractivity contribution in [1.82, 2.24) is 0 Å². The van der Waals surface area contributed by atoms with E-state index in [0.29, 0.717) is 0 Å². The van der Waals surface area contributed by atoms with Crippen molar-refractivity contribution in [3.05, 3.63) is 224 Å². The van der Waals surface area contributed by atoms with Gasteiger partial charge in [0.25, 0.3) is 0 Å². The SMILES string of the molecule is c1ccc(-c2ccc3cccc(-c4ccc(N(c5ccc(-c6ccc7oc8c(-c9ccccc9)cccc8c7c6)cc5)c5cccc6ccccc56)cc4)c3c2)cc1. The third-order valence-electron chi connectivity index (χ3n) is 11.5. The molecule has 0 bridgehead atoms. The van der Waals surface area contributed by atoms with E-state index in [2.05, 4.69) is 223 Å². The van der Waals surface area contributed by atoms with Gasteiger partial charge in [0, 0.05) is 33.1 Å². The summed E-state index contributed by atoms with van der Waals surface area (Å²) in [4.78, 5) is 2.38. The topological polar surface area (TPSA) is 16.4 Å². The summed E-state index contributed by atoms with van der Waals surface area (Å²) in [5.74, 6) is 0. The molecule has 10 aromatic carbocycles. The molecule has 0 atom stereocenters. The first-order chi connectivity index (χ1) is 28.7. The maximum absolute atomic E-state index is 6.49. The van der Waals surface area contributed by atoms with E-state index in [9.17, 15) is 0 Å². The van der Waals surface area contributed by atoms with Crippen molar-refractivity contribution >= 4 is 60.5 Å². The van der Waals surface area contributed by atoms with E-state index in [-0.39, 0.29) is 0 Å². The number of hydrogen-bond acceptors (Lipinski definition) is 2. The summed E-state index contributed by atoms with van der Waals surface area (Å²) in [6.45, 7) is 0. The van der Waals surface area contributed by atoms with Crippen LogP contribution in [0.4, 0.5) is 17.1 Å². The van der Waals surface area contributed by atoms with E-state index in [1.165, 1.54) is 43.8 Å². The quantitative estimate of drug-likeness (QED) is 0.162. The zero-order valence-corrected chi connectivity index (χ0v) is 31.7. The fourth-order valence-corrected chi connectivity index (χ4v) is 8.58. The molecule has 0 fully saturated rings. The van der Waals surface area contributed by atoms with Crippen LogP contribution in [0.1, 0.15) is 0 Å². The van der Waals surface area contributed by atoms with Crippen molar-refractivity contribution in [2.24, 2.45) is 0 Å². The Balaban J connectivity index is 0.981. The smallest absolute Gasteiger partial charge is 0.143 e. The number of furan rings is 1. The molecule has 0 aliphatic carbocycles. The van der Waals surface area contributed by atoms with Crippen LogP contribution in [0.2, 0.25) is 0 Å². The molecule has 0 radical (unpaired) electrons. The number of para-hydroxylation sites is 1. The summed E-state index contributed by atoms with van der Waals surface area (Å²) < 4.78 is 6.49. The second-order valence-electron chi connectivity index (χ2n) is 14.9. The van der Waals surface area contributed by atoms with Gasteiger partial charge in [-0.05, 0) is 104 Å². The number of anilines is 3. The van der Waals surface area contributed by atoms with E-state index in [1.807, 2.05) is 6.07 Å². The van der Waals surface area contributed by atoms with E-state index >= 15 is 0 Å². The first-order valence-electron chi connectivity index (χ1n) is 19.8. The zero-order valence-electron chi connectivity index (χ0n) is 31.7. The van der Waals surface area contributed by atoms with Crippen molar-refractivity contribution in [1.29, 1.82) is 0 Å². The Labute approximate surface area is 337 Å². The molecule has 0 saturated carbocycles. The summed E-state index contributed by atoms with van der Waals surface area (Å²) in [6, 6.07) is 80.6. The largest absolute Gasteiger partial charge is 0.455 e. The first kappa shape index (κ1) is 33.6. The van der Waals surface area contributed by atoms with Crippen LogP contribution in [0, 0.1) is 0 Å². The molecule has 0 saturated heterocycles. The lowest BCUT2D eigenvalue weighted by Crippen LogP contribution is -2.10. The molecule has 2 nitrogen and oxygen atoms in total. The van der Waals surface area contributed by atoms with Crippen molar-refractivity contribution in [2.75, 3.05) is 4.90 Å². The summed E-state index contributed by atoms with van der Waals surface area (Å²) in [5.41, 5.74) is 14.6. The molecule has 0 aliphatic rings. The highest BCUT2D eigenvalue weighted by molar-refractivity contribution is 6.10. The molecule has 1 aromatic heterocycles. The van der Waals surface area contributed by atoms with Crippen molar-refractivity contribution in [3.8, 4) is 44.5 Å². The van der Waals surface area contributed by atoms with Gasteiger partial charge in [-0.1, -0.05) is 176 Å². The van der Waals surface area contributed by atoms with Gasteiger partial charge < -0.3 is 9.32 Å². The normalized spacial score (nSPS) is 11.4. The van der Waals surface area contributed by atoms with Crippen LogP contribution in [-0.2, 0) is 0 Å². The van der Waals surface area contributed by atoms with Gasteiger partial charge in [-0.25, -0.2) is 0 Å². The van der Waals surface area contributed by atoms with E-state index in [4.69, 9.17) is 4.42 Å². The standard InChI is InChI=1S/C56H37NO/c1-3-12-38(13-4-1)44-25-24-42-17-9-20-48(52(42)36-44)43-28-33-47(34-29-43)57(54-23-10-18-40-16-7-8-19-49(40)54)46-31-26-39(27-32-46)45-30-35-55-53(37-45)51-22-11-21-50(56(51)58-55)41-14-5-2-6-15-41/h1-37H. The second-order valence-corrected chi connectivity index (χ2v) is 14.9. The number of nitrogens with zero attached hydrogens (tertiary/aromatic N) is 1. The average molecular weight is 740 g/mol. The Hall–Kier alpha value is -7.68. The zero-order chi connectivity index (χ0) is 38.4. The Morgan fingerprint density at radius 2 is 0.793 bits per heavy atom. The molecule has 272 valence electrons. The van der Waals surface area contributed by atoms with Crippen LogP contribution in [0.15, 0.2) is 229 Å². The van der Waals surface area contributed by atoms with E-state index in [0.717, 1.165) is 61.3 Å². The first-order valence-corrected chi connectivity index (χ1v) is 19.8. The van der Waals surface area contributed by atoms with Crippen molar-refractivity contribution in [2.45, 2.75) is 0 Å². The summed E-state index contributed by atoms with van der Waals surface area (Å²) >= 11 is 0. The van der Waals surface area contributed by atoms with Crippen LogP contribution in [0.5, 0.6) is 0 Å². The lowest BCUT2D eigenvalue weighted by atomic mass is 9.94. The van der Waals surface area contributed by atoms with Gasteiger partial charge >= 0.3 is 0 Å². The molecule has 11 aromatic rings. The minimum Gasteiger partial charge on any atom is -0.455 e. The average Bonchev–Trinajstić information content (AvgIpc) is 3.68. The molecule has 0 unspecified atom stereocenters. The minimum absolute atomic E-state index is 0.893. The highest BCUT2D eigenvalue weighted by Gasteiger charge is 2.18. The van der Waals surface area contributed by atoms with Gasteiger partial charge in [-0.2, -0.15) is 0 Å². The van der Waals surface area contributed by atoms with Crippen LogP contribution in [0.25, 0.3) is 88.0 Å². The second kappa shape index (κ2) is 14.1. The summed E-state index contributed by atoms with van der Waals surface area (Å²) in [7, 11) is 0. The highest BCUT2D eigenvalue weighted by Crippen LogP contribution is 2.42. The van der Waals surface area contributed by atoms with Gasteiger partial charge in [-0.3, -0.25) is 0 Å². The molecule has 0 N–H and O–H groups in total. The predicted molar refractivity (Wildman–Crippen MR) is 245 cm³/mol. The molecule has 1 heterocycles. The molecule has 2 heteroatoms. The van der Waals surface area contributed by atoms with Crippen LogP contribution in [-0.4, -0.2) is 0 Å². The predicted octanol–water partition coefficient (Wildman–Crippen LogP) is 16.0. The Bertz CT molecular complexity index is 3250. The maximum Gasteiger partial charge on any atom is 0.143 e. The third kappa shape index (κ3) is 5.91. The van der Waals surface area contributed by atoms with Gasteiger partial charge in [0.15, 0.2) is 0 Å². The lowest BCUT2D eigenvalue weighted by Gasteiger charge is -2.27. The molecule has 58 heavy (non-hydrogen) atoms. The van der Waals surface area contributed by atoms with Crippen molar-refractivity contribution in [3.63, 3.8) is 0 Å². The molecule has 0 aliphatic heterocycles. The van der Waals surface area contributed by atoms with Crippen molar-refractivity contribution < 1.29 is 4.42 Å². The molecular weight excluding hydrogens is 703 g/mol. The monoisotopic (exact) mass is 739 g/mol. The Kier molecular flexibility index (Phi) is 8.19. The molecular formula is C56H37NO. The van der Waals surface area contributed by atoms with Gasteiger partial charge in [-0.15, -0.1) is 0 Å². The fraction of sp³-hybridized carbons (Fsp3) is 0. The van der Waals surface area contributed by atoms with Crippen LogP contribution >= 0.6 is 0 Å². The summed E-state index contributed by atoms with van der Waals surface area (Å²) in [6.07, 6.45) is 0. The number of hydrogen-bond donors (Lipinski definition) is 0. The van der Waals surface area contributed by atoms with Gasteiger partial charge in [0.2, 0.25) is 0 Å². The Morgan fingerprint density at radius 3 is 1.55 bits per heavy atom. The lowest BCUT2D eigenvalue weighted by molar-refractivity contribution is 0.670. The molecule has 0 spiro atoms. The minimum atomic E-state index is 0.893. The number of rotatable bonds is 7. The van der Waals surface area contributed by atoms with Crippen LogP contribution in [0.3, 0.4) is 0 Å². The van der Waals surface area contributed by atoms with Gasteiger partial charge in [0.1, 0.15) is 11.2 Å². The van der Waals surface area contributed by atoms with Gasteiger partial charge in [0.05, 0.1) is 5.69 Å². The maximum atomic E-state index is 6.49. The Morgan fingerprint density at radius 1 is 0.293 bits per heavy atom. The summed E-state index contributed by atoms with van der Waals surface area (Å²) in [5, 5.41) is 7.13. The fourth-order valence-electron chi connectivity index (χ4n) is 8.58. The van der Waals surface area contributed by atoms with E-state index < -0.39 is 0 Å². The third-order valence-corrected chi connectivity index (χ3v) is 11.5. The number of fused-ring (bicyclic) bond motifs is 5. The van der Waals surface area contributed by atoms with Crippen LogP contribution < -0.4 is 4.90 Å². The number of benzene rings is 10. The van der Waals surface area contributed by atoms with E-state index in [1.54, 1.807) is 0 Å². The molecule has 0 amide bonds. The highest BCUT2D eigenvalue weighted by atomic mass is 16.3.